The van der Waals surface area contributed by atoms with Crippen molar-refractivity contribution in [3.63, 3.8) is 0 Å². The topological polar surface area (TPSA) is 96.0 Å². The second kappa shape index (κ2) is 10.0. The van der Waals surface area contributed by atoms with E-state index < -0.39 is 23.9 Å². The molecule has 4 aliphatic rings. The molecular weight excluding hydrogens is 548 g/mol. The summed E-state index contributed by atoms with van der Waals surface area (Å²) in [6.45, 7) is 4.07. The molecule has 4 heterocycles. The molecule has 2 atom stereocenters. The molecule has 212 valence electrons. The van der Waals surface area contributed by atoms with E-state index in [1.54, 1.807) is 24.3 Å². The zero-order chi connectivity index (χ0) is 29.0. The van der Waals surface area contributed by atoms with Crippen LogP contribution in [0.1, 0.15) is 44.2 Å². The number of nitrogens with zero attached hydrogens (tertiary/aromatic N) is 2. The number of amides is 2. The predicted molar refractivity (Wildman–Crippen MR) is 127 cm³/mol. The number of fused-ring (bicyclic) bond motifs is 4. The number of hydrogen-bond donors (Lipinski definition) is 1. The van der Waals surface area contributed by atoms with Crippen LogP contribution in [0.25, 0.3) is 0 Å². The number of Topliss-reactive ketones (excluding diaryl/α,β-unsaturated/α-hetero) is 2. The Bertz CT molecular complexity index is 1350. The summed E-state index contributed by atoms with van der Waals surface area (Å²) < 4.78 is 72.8. The molecule has 1 saturated heterocycles. The Hall–Kier alpha value is -3.78. The summed E-state index contributed by atoms with van der Waals surface area (Å²) in [5.74, 6) is -6.91. The smallest absolute Gasteiger partial charge is 0.375 e. The molecule has 4 aliphatic heterocycles. The van der Waals surface area contributed by atoms with Gasteiger partial charge in [-0.15, -0.1) is 0 Å². The lowest BCUT2D eigenvalue weighted by Crippen LogP contribution is -2.45. The van der Waals surface area contributed by atoms with E-state index in [1.807, 2.05) is 6.07 Å². The SMILES string of the molecule is O=C(C(=O)C(F)(F)F)C(F)(F)F.O=C1c2ccccc2C(=O)N1c1cc2c3c(c1)[C@@H]1CNCC[C@@H]1N3CCOC2. The van der Waals surface area contributed by atoms with Crippen molar-refractivity contribution < 1.29 is 50.3 Å². The number of halogens is 6. The number of imide groups is 1. The molecule has 0 bridgehead atoms. The van der Waals surface area contributed by atoms with Crippen molar-refractivity contribution in [1.29, 1.82) is 0 Å². The maximum absolute atomic E-state index is 13.0. The van der Waals surface area contributed by atoms with Crippen molar-refractivity contribution >= 4 is 34.8 Å². The Morgan fingerprint density at radius 3 is 2.10 bits per heavy atom. The van der Waals surface area contributed by atoms with Crippen molar-refractivity contribution in [2.45, 2.75) is 37.3 Å². The normalized spacial score (nSPS) is 21.6. The van der Waals surface area contributed by atoms with Crippen molar-refractivity contribution in [2.24, 2.45) is 0 Å². The van der Waals surface area contributed by atoms with Gasteiger partial charge in [-0.05, 0) is 42.8 Å². The summed E-state index contributed by atoms with van der Waals surface area (Å²) in [6, 6.07) is 11.6. The van der Waals surface area contributed by atoms with Crippen LogP contribution in [0.2, 0.25) is 0 Å². The predicted octanol–water partition coefficient (Wildman–Crippen LogP) is 3.53. The van der Waals surface area contributed by atoms with Crippen LogP contribution in [0.3, 0.4) is 0 Å². The molecule has 6 rings (SSSR count). The van der Waals surface area contributed by atoms with Gasteiger partial charge in [0.2, 0.25) is 0 Å². The summed E-state index contributed by atoms with van der Waals surface area (Å²) >= 11 is 0. The van der Waals surface area contributed by atoms with Gasteiger partial charge in [0, 0.05) is 36.3 Å². The number of piperidine rings is 1. The number of carbonyl (C=O) groups excluding carboxylic acids is 4. The average Bonchev–Trinajstić information content (AvgIpc) is 3.24. The van der Waals surface area contributed by atoms with Gasteiger partial charge in [0.1, 0.15) is 0 Å². The number of carbonyl (C=O) groups is 4. The van der Waals surface area contributed by atoms with E-state index in [0.29, 0.717) is 42.0 Å². The van der Waals surface area contributed by atoms with E-state index in [9.17, 15) is 45.5 Å². The number of rotatable bonds is 2. The van der Waals surface area contributed by atoms with Crippen LogP contribution in [0.15, 0.2) is 36.4 Å². The van der Waals surface area contributed by atoms with Gasteiger partial charge in [-0.2, -0.15) is 26.3 Å². The maximum Gasteiger partial charge on any atom is 0.458 e. The number of ether oxygens (including phenoxy) is 1. The molecule has 1 fully saturated rings. The molecule has 2 aromatic rings. The quantitative estimate of drug-likeness (QED) is 0.336. The van der Waals surface area contributed by atoms with Crippen LogP contribution in [0.5, 0.6) is 0 Å². The third kappa shape index (κ3) is 4.74. The van der Waals surface area contributed by atoms with Crippen LogP contribution >= 0.6 is 0 Å². The van der Waals surface area contributed by atoms with Gasteiger partial charge in [-0.1, -0.05) is 12.1 Å². The third-order valence-corrected chi connectivity index (χ3v) is 7.24. The van der Waals surface area contributed by atoms with Gasteiger partial charge in [0.05, 0.1) is 30.0 Å². The minimum absolute atomic E-state index is 0.240. The fraction of sp³-hybridized carbons (Fsp3) is 0.385. The molecule has 0 spiro atoms. The van der Waals surface area contributed by atoms with Crippen molar-refractivity contribution in [1.82, 2.24) is 5.32 Å². The minimum atomic E-state index is -5.77. The number of alkyl halides is 6. The monoisotopic (exact) mass is 569 g/mol. The first-order valence-electron chi connectivity index (χ1n) is 12.2. The second-order valence-corrected chi connectivity index (χ2v) is 9.60. The summed E-state index contributed by atoms with van der Waals surface area (Å²) in [5, 5.41) is 3.51. The van der Waals surface area contributed by atoms with E-state index >= 15 is 0 Å². The minimum Gasteiger partial charge on any atom is -0.375 e. The summed E-state index contributed by atoms with van der Waals surface area (Å²) in [5.41, 5.74) is 5.21. The zero-order valence-electron chi connectivity index (χ0n) is 20.6. The Labute approximate surface area is 222 Å². The van der Waals surface area contributed by atoms with Crippen LogP contribution in [0, 0.1) is 0 Å². The fourth-order valence-corrected chi connectivity index (χ4v) is 5.58. The highest BCUT2D eigenvalue weighted by atomic mass is 19.4. The molecule has 0 saturated carbocycles. The zero-order valence-corrected chi connectivity index (χ0v) is 20.6. The lowest BCUT2D eigenvalue weighted by atomic mass is 9.89. The first kappa shape index (κ1) is 27.8. The van der Waals surface area contributed by atoms with Crippen LogP contribution in [-0.4, -0.2) is 68.0 Å². The summed E-state index contributed by atoms with van der Waals surface area (Å²) in [7, 11) is 0. The molecule has 2 amide bonds. The van der Waals surface area contributed by atoms with Gasteiger partial charge in [0.25, 0.3) is 11.8 Å². The molecule has 0 aromatic heterocycles. The van der Waals surface area contributed by atoms with Gasteiger partial charge >= 0.3 is 23.9 Å². The van der Waals surface area contributed by atoms with E-state index in [1.165, 1.54) is 16.2 Å². The highest BCUT2D eigenvalue weighted by molar-refractivity contribution is 6.41. The largest absolute Gasteiger partial charge is 0.458 e. The Morgan fingerprint density at radius 1 is 0.925 bits per heavy atom. The van der Waals surface area contributed by atoms with Crippen molar-refractivity contribution in [3.8, 4) is 0 Å². The molecule has 8 nitrogen and oxygen atoms in total. The van der Waals surface area contributed by atoms with E-state index in [2.05, 4.69) is 16.3 Å². The lowest BCUT2D eigenvalue weighted by molar-refractivity contribution is -0.193. The number of benzene rings is 2. The first-order chi connectivity index (χ1) is 18.8. The fourth-order valence-electron chi connectivity index (χ4n) is 5.58. The Morgan fingerprint density at radius 2 is 1.52 bits per heavy atom. The van der Waals surface area contributed by atoms with Gasteiger partial charge in [-0.3, -0.25) is 19.2 Å². The molecule has 14 heteroatoms. The Balaban J connectivity index is 0.000000230. The maximum atomic E-state index is 13.0. The molecule has 40 heavy (non-hydrogen) atoms. The second-order valence-electron chi connectivity index (χ2n) is 9.60. The van der Waals surface area contributed by atoms with E-state index in [0.717, 1.165) is 31.6 Å². The standard InChI is InChI=1S/C22H21N3O3.C4F6O2/c26-21-15-3-1-2-4-16(15)22(27)25(21)14-9-13-12-28-8-7-24-19-5-6-23-11-18(19)17(10-14)20(13)24;5-3(6,7)1(11)2(12)4(8,9)10/h1-4,9-10,18-19,23H,5-8,11-12H2;/t18-,19-;/m0./s1. The van der Waals surface area contributed by atoms with Crippen molar-refractivity contribution in [2.75, 3.05) is 36.0 Å². The highest BCUT2D eigenvalue weighted by Crippen LogP contribution is 2.48. The molecule has 2 aromatic carbocycles. The lowest BCUT2D eigenvalue weighted by Gasteiger charge is -2.33. The average molecular weight is 569 g/mol. The number of ketones is 2. The molecule has 0 aliphatic carbocycles. The Kier molecular flexibility index (Phi) is 6.94. The molecular formula is C26H21F6N3O5. The van der Waals surface area contributed by atoms with Crippen LogP contribution in [0.4, 0.5) is 37.7 Å². The van der Waals surface area contributed by atoms with E-state index in [4.69, 9.17) is 4.74 Å². The highest BCUT2D eigenvalue weighted by Gasteiger charge is 2.54. The van der Waals surface area contributed by atoms with Gasteiger partial charge < -0.3 is 15.0 Å². The number of nitrogens with one attached hydrogen (secondary N) is 1. The van der Waals surface area contributed by atoms with Crippen LogP contribution in [-0.2, 0) is 20.9 Å². The van der Waals surface area contributed by atoms with Crippen LogP contribution < -0.4 is 15.1 Å². The number of anilines is 2. The molecule has 0 unspecified atom stereocenters. The summed E-state index contributed by atoms with van der Waals surface area (Å²) in [4.78, 5) is 49.0. The van der Waals surface area contributed by atoms with Gasteiger partial charge in [0.15, 0.2) is 0 Å². The van der Waals surface area contributed by atoms with E-state index in [-0.39, 0.29) is 11.8 Å². The third-order valence-electron chi connectivity index (χ3n) is 7.24. The molecule has 0 radical (unpaired) electrons. The molecule has 1 N–H and O–H groups in total. The summed E-state index contributed by atoms with van der Waals surface area (Å²) in [6.07, 6.45) is -10.4. The van der Waals surface area contributed by atoms with Gasteiger partial charge in [-0.25, -0.2) is 4.90 Å². The first-order valence-corrected chi connectivity index (χ1v) is 12.2. The van der Waals surface area contributed by atoms with Crippen molar-refractivity contribution in [3.05, 3.63) is 58.7 Å². The number of hydrogen-bond acceptors (Lipinski definition) is 7.